The zero-order chi connectivity index (χ0) is 15.0. The molecule has 7 heteroatoms. The molecule has 122 valence electrons. The van der Waals surface area contributed by atoms with Gasteiger partial charge in [-0.15, -0.1) is 24.0 Å². The molecule has 1 rings (SSSR count). The molecule has 0 amide bonds. The number of nitrogens with zero attached hydrogens (tertiary/aromatic N) is 2. The summed E-state index contributed by atoms with van der Waals surface area (Å²) < 4.78 is 11.0. The first-order valence-corrected chi connectivity index (χ1v) is 6.98. The minimum atomic E-state index is 0. The number of aromatic nitrogens is 1. The van der Waals surface area contributed by atoms with Crippen molar-refractivity contribution in [2.45, 2.75) is 34.2 Å². The summed E-state index contributed by atoms with van der Waals surface area (Å²) in [7, 11) is 1.73. The average molecular weight is 410 g/mol. The zero-order valence-corrected chi connectivity index (χ0v) is 15.9. The maximum Gasteiger partial charge on any atom is 0.214 e. The standard InChI is InChI=1S/C14H26N4O2.HI/c1-10(2)9-19-7-6-16-14(15-5)17-8-13-18-11(3)12(4)20-13;/h10H,6-9H2,1-5H3,(H2,15,16,17);1H. The number of aryl methyl sites for hydroxylation is 2. The fourth-order valence-electron chi connectivity index (χ4n) is 1.56. The highest BCUT2D eigenvalue weighted by Crippen LogP contribution is 2.07. The molecule has 0 aliphatic rings. The maximum absolute atomic E-state index is 5.50. The Hall–Kier alpha value is -0.830. The summed E-state index contributed by atoms with van der Waals surface area (Å²) in [4.78, 5) is 8.44. The SMILES string of the molecule is CN=C(NCCOCC(C)C)NCc1nc(C)c(C)o1.I. The largest absolute Gasteiger partial charge is 0.444 e. The van der Waals surface area contributed by atoms with Crippen molar-refractivity contribution in [3.8, 4) is 0 Å². The predicted octanol–water partition coefficient (Wildman–Crippen LogP) is 2.25. The molecule has 0 radical (unpaired) electrons. The minimum absolute atomic E-state index is 0. The highest BCUT2D eigenvalue weighted by molar-refractivity contribution is 14.0. The van der Waals surface area contributed by atoms with Gasteiger partial charge in [-0.25, -0.2) is 4.98 Å². The number of rotatable bonds is 7. The van der Waals surface area contributed by atoms with E-state index in [1.807, 2.05) is 13.8 Å². The van der Waals surface area contributed by atoms with Crippen molar-refractivity contribution in [3.05, 3.63) is 17.3 Å². The molecule has 0 spiro atoms. The molecule has 2 N–H and O–H groups in total. The van der Waals surface area contributed by atoms with Crippen molar-refractivity contribution in [1.82, 2.24) is 15.6 Å². The molecule has 0 aliphatic carbocycles. The lowest BCUT2D eigenvalue weighted by Crippen LogP contribution is -2.38. The van der Waals surface area contributed by atoms with E-state index in [1.165, 1.54) is 0 Å². The number of nitrogens with one attached hydrogen (secondary N) is 2. The fraction of sp³-hybridized carbons (Fsp3) is 0.714. The maximum atomic E-state index is 5.50. The van der Waals surface area contributed by atoms with E-state index in [1.54, 1.807) is 7.05 Å². The number of guanidine groups is 1. The summed E-state index contributed by atoms with van der Waals surface area (Å²) in [5, 5.41) is 6.33. The Labute approximate surface area is 144 Å². The van der Waals surface area contributed by atoms with Crippen molar-refractivity contribution in [2.75, 3.05) is 26.8 Å². The Bertz CT molecular complexity index is 413. The Morgan fingerprint density at radius 2 is 2.05 bits per heavy atom. The van der Waals surface area contributed by atoms with Crippen molar-refractivity contribution in [1.29, 1.82) is 0 Å². The van der Waals surface area contributed by atoms with Crippen LogP contribution in [0, 0.1) is 19.8 Å². The van der Waals surface area contributed by atoms with Crippen molar-refractivity contribution in [2.24, 2.45) is 10.9 Å². The van der Waals surface area contributed by atoms with E-state index < -0.39 is 0 Å². The van der Waals surface area contributed by atoms with E-state index in [4.69, 9.17) is 9.15 Å². The van der Waals surface area contributed by atoms with Gasteiger partial charge in [-0.2, -0.15) is 0 Å². The van der Waals surface area contributed by atoms with E-state index in [2.05, 4.69) is 34.5 Å². The van der Waals surface area contributed by atoms with Gasteiger partial charge in [0.15, 0.2) is 5.96 Å². The average Bonchev–Trinajstić information content (AvgIpc) is 2.71. The number of halogens is 1. The number of ether oxygens (including phenoxy) is 1. The van der Waals surface area contributed by atoms with Gasteiger partial charge in [-0.05, 0) is 19.8 Å². The minimum Gasteiger partial charge on any atom is -0.444 e. The summed E-state index contributed by atoms with van der Waals surface area (Å²) in [5.74, 6) is 2.79. The van der Waals surface area contributed by atoms with E-state index in [9.17, 15) is 0 Å². The molecule has 6 nitrogen and oxygen atoms in total. The van der Waals surface area contributed by atoms with E-state index in [-0.39, 0.29) is 24.0 Å². The van der Waals surface area contributed by atoms with Gasteiger partial charge in [0, 0.05) is 20.2 Å². The summed E-state index contributed by atoms with van der Waals surface area (Å²) >= 11 is 0. The molecule has 0 bridgehead atoms. The van der Waals surface area contributed by atoms with Crippen LogP contribution in [0.15, 0.2) is 9.41 Å². The number of oxazole rings is 1. The van der Waals surface area contributed by atoms with Crippen LogP contribution in [0.4, 0.5) is 0 Å². The molecule has 0 saturated carbocycles. The summed E-state index contributed by atoms with van der Waals surface area (Å²) in [6.45, 7) is 10.8. The van der Waals surface area contributed by atoms with Gasteiger partial charge in [0.2, 0.25) is 5.89 Å². The molecule has 0 fully saturated rings. The Kier molecular flexibility index (Phi) is 10.4. The van der Waals surface area contributed by atoms with Crippen LogP contribution < -0.4 is 10.6 Å². The van der Waals surface area contributed by atoms with E-state index in [0.717, 1.165) is 24.6 Å². The van der Waals surface area contributed by atoms with Gasteiger partial charge < -0.3 is 19.8 Å². The first-order valence-electron chi connectivity index (χ1n) is 6.98. The van der Waals surface area contributed by atoms with Crippen molar-refractivity contribution >= 4 is 29.9 Å². The van der Waals surface area contributed by atoms with Gasteiger partial charge in [-0.3, -0.25) is 4.99 Å². The van der Waals surface area contributed by atoms with Crippen LogP contribution in [-0.2, 0) is 11.3 Å². The van der Waals surface area contributed by atoms with Crippen LogP contribution in [0.5, 0.6) is 0 Å². The van der Waals surface area contributed by atoms with E-state index >= 15 is 0 Å². The molecule has 0 atom stereocenters. The van der Waals surface area contributed by atoms with Crippen LogP contribution in [0.1, 0.15) is 31.2 Å². The first kappa shape index (κ1) is 20.2. The smallest absolute Gasteiger partial charge is 0.214 e. The molecule has 0 aliphatic heterocycles. The molecule has 1 aromatic heterocycles. The summed E-state index contributed by atoms with van der Waals surface area (Å²) in [5.41, 5.74) is 0.923. The number of hydrogen-bond acceptors (Lipinski definition) is 4. The first-order chi connectivity index (χ1) is 9.52. The van der Waals surface area contributed by atoms with Gasteiger partial charge >= 0.3 is 0 Å². The highest BCUT2D eigenvalue weighted by Gasteiger charge is 2.06. The molecule has 1 heterocycles. The second kappa shape index (κ2) is 10.8. The van der Waals surface area contributed by atoms with Crippen LogP contribution in [0.25, 0.3) is 0 Å². The van der Waals surface area contributed by atoms with Gasteiger partial charge in [0.25, 0.3) is 0 Å². The van der Waals surface area contributed by atoms with Gasteiger partial charge in [-0.1, -0.05) is 13.8 Å². The monoisotopic (exact) mass is 410 g/mol. The lowest BCUT2D eigenvalue weighted by Gasteiger charge is -2.11. The summed E-state index contributed by atoms with van der Waals surface area (Å²) in [6, 6.07) is 0. The van der Waals surface area contributed by atoms with Crippen LogP contribution in [-0.4, -0.2) is 37.7 Å². The van der Waals surface area contributed by atoms with E-state index in [0.29, 0.717) is 30.9 Å². The van der Waals surface area contributed by atoms with Crippen LogP contribution in [0.3, 0.4) is 0 Å². The third kappa shape index (κ3) is 8.25. The van der Waals surface area contributed by atoms with Crippen molar-refractivity contribution < 1.29 is 9.15 Å². The summed E-state index contributed by atoms with van der Waals surface area (Å²) in [6.07, 6.45) is 0. The van der Waals surface area contributed by atoms with Crippen LogP contribution in [0.2, 0.25) is 0 Å². The normalized spacial score (nSPS) is 11.4. The molecule has 0 aromatic carbocycles. The Morgan fingerprint density at radius 3 is 2.57 bits per heavy atom. The third-order valence-corrected chi connectivity index (χ3v) is 2.69. The second-order valence-electron chi connectivity index (χ2n) is 5.07. The lowest BCUT2D eigenvalue weighted by molar-refractivity contribution is 0.114. The fourth-order valence-corrected chi connectivity index (χ4v) is 1.56. The topological polar surface area (TPSA) is 71.7 Å². The van der Waals surface area contributed by atoms with Crippen LogP contribution >= 0.6 is 24.0 Å². The number of hydrogen-bond donors (Lipinski definition) is 2. The van der Waals surface area contributed by atoms with Crippen molar-refractivity contribution in [3.63, 3.8) is 0 Å². The quantitative estimate of drug-likeness (QED) is 0.312. The third-order valence-electron chi connectivity index (χ3n) is 2.69. The number of aliphatic imine (C=N–C) groups is 1. The van der Waals surface area contributed by atoms with Gasteiger partial charge in [0.1, 0.15) is 5.76 Å². The Morgan fingerprint density at radius 1 is 1.33 bits per heavy atom. The predicted molar refractivity (Wildman–Crippen MR) is 95.3 cm³/mol. The molecule has 1 aromatic rings. The molecular weight excluding hydrogens is 383 g/mol. The molecular formula is C14H27IN4O2. The lowest BCUT2D eigenvalue weighted by atomic mass is 10.2. The zero-order valence-electron chi connectivity index (χ0n) is 13.5. The Balaban J connectivity index is 0.00000400. The molecule has 0 unspecified atom stereocenters. The molecule has 0 saturated heterocycles. The highest BCUT2D eigenvalue weighted by atomic mass is 127. The second-order valence-corrected chi connectivity index (χ2v) is 5.07. The molecule has 21 heavy (non-hydrogen) atoms. The van der Waals surface area contributed by atoms with Gasteiger partial charge in [0.05, 0.1) is 18.8 Å².